The van der Waals surface area contributed by atoms with E-state index in [1.54, 1.807) is 0 Å². The van der Waals surface area contributed by atoms with Crippen LogP contribution in [0.1, 0.15) is 30.0 Å². The molecule has 4 nitrogen and oxygen atoms in total. The van der Waals surface area contributed by atoms with Gasteiger partial charge in [-0.05, 0) is 42.5 Å². The molecule has 0 fully saturated rings. The first-order chi connectivity index (χ1) is 12.8. The topological polar surface area (TPSA) is 40.5 Å². The summed E-state index contributed by atoms with van der Waals surface area (Å²) < 4.78 is 13.6. The van der Waals surface area contributed by atoms with Crippen molar-refractivity contribution in [3.63, 3.8) is 0 Å². The summed E-state index contributed by atoms with van der Waals surface area (Å²) in [5, 5.41) is 1.06. The first-order valence-corrected chi connectivity index (χ1v) is 9.22. The molecular formula is C22H23NO3. The smallest absolute Gasteiger partial charge is 0.310 e. The van der Waals surface area contributed by atoms with Crippen LogP contribution in [0, 0.1) is 0 Å². The van der Waals surface area contributed by atoms with Gasteiger partial charge < -0.3 is 14.0 Å². The lowest BCUT2D eigenvalue weighted by atomic mass is 10.0. The molecule has 0 unspecified atom stereocenters. The largest absolute Gasteiger partial charge is 0.488 e. The quantitative estimate of drug-likeness (QED) is 0.624. The maximum Gasteiger partial charge on any atom is 0.310 e. The standard InChI is InChI=1S/C22H23NO3/c1-2-25-20(24)13-18-14-23-12-6-9-17-10-11-19(21(18)22(17)23)26-15-16-7-4-3-5-8-16/h3-5,7-8,10-11,14H,2,6,9,12-13,15H2,1H3. The molecule has 26 heavy (non-hydrogen) atoms. The Bertz CT molecular complexity index is 927. The number of aryl methyl sites for hydroxylation is 2. The zero-order valence-corrected chi connectivity index (χ0v) is 15.0. The molecule has 0 bridgehead atoms. The normalized spacial score (nSPS) is 13.0. The van der Waals surface area contributed by atoms with Gasteiger partial charge in [-0.2, -0.15) is 0 Å². The lowest BCUT2D eigenvalue weighted by Crippen LogP contribution is -2.07. The summed E-state index contributed by atoms with van der Waals surface area (Å²) in [7, 11) is 0. The minimum atomic E-state index is -0.190. The van der Waals surface area contributed by atoms with Crippen molar-refractivity contribution in [2.45, 2.75) is 39.3 Å². The number of hydrogen-bond donors (Lipinski definition) is 0. The molecule has 0 radical (unpaired) electrons. The van der Waals surface area contributed by atoms with Gasteiger partial charge in [0.25, 0.3) is 0 Å². The van der Waals surface area contributed by atoms with E-state index in [-0.39, 0.29) is 12.4 Å². The summed E-state index contributed by atoms with van der Waals surface area (Å²) in [6, 6.07) is 14.3. The number of benzene rings is 2. The molecule has 0 N–H and O–H groups in total. The maximum atomic E-state index is 12.1. The first-order valence-electron chi connectivity index (χ1n) is 9.22. The van der Waals surface area contributed by atoms with Crippen LogP contribution in [0.5, 0.6) is 5.75 Å². The fourth-order valence-electron chi connectivity index (χ4n) is 3.75. The third kappa shape index (κ3) is 3.19. The fraction of sp³-hybridized carbons (Fsp3) is 0.318. The number of nitrogens with zero attached hydrogens (tertiary/aromatic N) is 1. The summed E-state index contributed by atoms with van der Waals surface area (Å²) in [5.41, 5.74) is 4.66. The van der Waals surface area contributed by atoms with Crippen molar-refractivity contribution in [3.05, 3.63) is 65.4 Å². The predicted octanol–water partition coefficient (Wildman–Crippen LogP) is 4.27. The van der Waals surface area contributed by atoms with Crippen LogP contribution in [0.2, 0.25) is 0 Å². The van der Waals surface area contributed by atoms with Crippen LogP contribution in [0.4, 0.5) is 0 Å². The first kappa shape index (κ1) is 16.7. The molecular weight excluding hydrogens is 326 g/mol. The Morgan fingerprint density at radius 3 is 2.81 bits per heavy atom. The second-order valence-corrected chi connectivity index (χ2v) is 6.65. The molecule has 4 rings (SSSR count). The highest BCUT2D eigenvalue weighted by Gasteiger charge is 2.21. The Morgan fingerprint density at radius 1 is 1.15 bits per heavy atom. The van der Waals surface area contributed by atoms with Crippen LogP contribution < -0.4 is 4.74 Å². The van der Waals surface area contributed by atoms with Gasteiger partial charge in [0, 0.05) is 18.1 Å². The van der Waals surface area contributed by atoms with Gasteiger partial charge in [0.05, 0.1) is 18.5 Å². The average Bonchev–Trinajstić information content (AvgIpc) is 3.02. The number of aromatic nitrogens is 1. The van der Waals surface area contributed by atoms with Gasteiger partial charge in [0.1, 0.15) is 12.4 Å². The monoisotopic (exact) mass is 349 g/mol. The molecule has 134 valence electrons. The van der Waals surface area contributed by atoms with Crippen LogP contribution in [0.25, 0.3) is 10.9 Å². The molecule has 0 spiro atoms. The lowest BCUT2D eigenvalue weighted by molar-refractivity contribution is -0.142. The molecule has 0 amide bonds. The molecule has 1 aliphatic rings. The van der Waals surface area contributed by atoms with E-state index >= 15 is 0 Å². The maximum absolute atomic E-state index is 12.1. The minimum Gasteiger partial charge on any atom is -0.488 e. The number of esters is 1. The molecule has 1 aromatic heterocycles. The Hall–Kier alpha value is -2.75. The number of carbonyl (C=O) groups is 1. The van der Waals surface area contributed by atoms with Gasteiger partial charge in [0.2, 0.25) is 0 Å². The summed E-state index contributed by atoms with van der Waals surface area (Å²) in [4.78, 5) is 12.1. The Morgan fingerprint density at radius 2 is 2.00 bits per heavy atom. The molecule has 0 saturated carbocycles. The average molecular weight is 349 g/mol. The van der Waals surface area contributed by atoms with Crippen molar-refractivity contribution in [3.8, 4) is 5.75 Å². The molecule has 1 aliphatic heterocycles. The third-order valence-electron chi connectivity index (χ3n) is 4.87. The Kier molecular flexibility index (Phi) is 4.65. The van der Waals surface area contributed by atoms with E-state index in [1.165, 1.54) is 11.1 Å². The van der Waals surface area contributed by atoms with E-state index in [0.29, 0.717) is 13.2 Å². The van der Waals surface area contributed by atoms with Crippen molar-refractivity contribution in [2.75, 3.05) is 6.61 Å². The number of hydrogen-bond acceptors (Lipinski definition) is 3. The number of ether oxygens (including phenoxy) is 2. The molecule has 0 atom stereocenters. The highest BCUT2D eigenvalue weighted by Crippen LogP contribution is 2.37. The highest BCUT2D eigenvalue weighted by molar-refractivity contribution is 5.95. The highest BCUT2D eigenvalue weighted by atomic mass is 16.5. The van der Waals surface area contributed by atoms with Crippen LogP contribution in [-0.4, -0.2) is 17.1 Å². The molecule has 0 saturated heterocycles. The van der Waals surface area contributed by atoms with Crippen LogP contribution >= 0.6 is 0 Å². The molecule has 2 heterocycles. The van der Waals surface area contributed by atoms with Crippen LogP contribution in [0.15, 0.2) is 48.7 Å². The molecule has 0 aliphatic carbocycles. The summed E-state index contributed by atoms with van der Waals surface area (Å²) in [6.07, 6.45) is 4.57. The number of carbonyl (C=O) groups excluding carboxylic acids is 1. The van der Waals surface area contributed by atoms with E-state index < -0.39 is 0 Å². The lowest BCUT2D eigenvalue weighted by Gasteiger charge is -2.17. The Labute approximate surface area is 153 Å². The van der Waals surface area contributed by atoms with Gasteiger partial charge in [-0.15, -0.1) is 0 Å². The zero-order valence-electron chi connectivity index (χ0n) is 15.0. The van der Waals surface area contributed by atoms with Crippen LogP contribution in [0.3, 0.4) is 0 Å². The van der Waals surface area contributed by atoms with Gasteiger partial charge in [-0.25, -0.2) is 0 Å². The van der Waals surface area contributed by atoms with E-state index in [2.05, 4.69) is 29.0 Å². The van der Waals surface area contributed by atoms with Crippen molar-refractivity contribution in [1.82, 2.24) is 4.57 Å². The third-order valence-corrected chi connectivity index (χ3v) is 4.87. The van der Waals surface area contributed by atoms with Crippen molar-refractivity contribution >= 4 is 16.9 Å². The van der Waals surface area contributed by atoms with Crippen LogP contribution in [-0.2, 0) is 35.5 Å². The van der Waals surface area contributed by atoms with E-state index in [9.17, 15) is 4.79 Å². The van der Waals surface area contributed by atoms with E-state index in [0.717, 1.165) is 41.6 Å². The fourth-order valence-corrected chi connectivity index (χ4v) is 3.75. The SMILES string of the molecule is CCOC(=O)Cc1cn2c3c(ccc(OCc4ccccc4)c13)CCC2. The Balaban J connectivity index is 1.72. The van der Waals surface area contributed by atoms with Crippen molar-refractivity contribution in [2.24, 2.45) is 0 Å². The summed E-state index contributed by atoms with van der Waals surface area (Å²) in [6.45, 7) is 3.73. The van der Waals surface area contributed by atoms with Crippen molar-refractivity contribution < 1.29 is 14.3 Å². The minimum absolute atomic E-state index is 0.190. The van der Waals surface area contributed by atoms with E-state index in [1.807, 2.05) is 31.2 Å². The second-order valence-electron chi connectivity index (χ2n) is 6.65. The van der Waals surface area contributed by atoms with E-state index in [4.69, 9.17) is 9.47 Å². The molecule has 2 aromatic carbocycles. The van der Waals surface area contributed by atoms with Crippen molar-refractivity contribution in [1.29, 1.82) is 0 Å². The number of rotatable bonds is 6. The van der Waals surface area contributed by atoms with Gasteiger partial charge in [0.15, 0.2) is 0 Å². The summed E-state index contributed by atoms with van der Waals surface area (Å²) in [5.74, 6) is 0.651. The zero-order chi connectivity index (χ0) is 17.9. The summed E-state index contributed by atoms with van der Waals surface area (Å²) >= 11 is 0. The predicted molar refractivity (Wildman–Crippen MR) is 101 cm³/mol. The second kappa shape index (κ2) is 7.24. The van der Waals surface area contributed by atoms with Gasteiger partial charge >= 0.3 is 5.97 Å². The molecule has 3 aromatic rings. The van der Waals surface area contributed by atoms with Gasteiger partial charge in [-0.1, -0.05) is 36.4 Å². The molecule has 4 heteroatoms. The van der Waals surface area contributed by atoms with Gasteiger partial charge in [-0.3, -0.25) is 4.79 Å².